The van der Waals surface area contributed by atoms with E-state index in [9.17, 15) is 4.79 Å². The first-order valence-electron chi connectivity index (χ1n) is 5.58. The fourth-order valence-corrected chi connectivity index (χ4v) is 2.46. The van der Waals surface area contributed by atoms with E-state index in [-0.39, 0.29) is 5.91 Å². The van der Waals surface area contributed by atoms with E-state index in [0.29, 0.717) is 6.54 Å². The third kappa shape index (κ3) is 2.74. The molecule has 18 heavy (non-hydrogen) atoms. The molecular formula is C14H13BrN2O. The number of nitrogens with one attached hydrogen (secondary N) is 2. The second-order valence-electron chi connectivity index (χ2n) is 4.04. The molecule has 0 aliphatic rings. The summed E-state index contributed by atoms with van der Waals surface area (Å²) in [6.07, 6.45) is 0. The Balaban J connectivity index is 2.22. The van der Waals surface area contributed by atoms with Crippen LogP contribution in [0.15, 0.2) is 22.7 Å². The maximum absolute atomic E-state index is 11.2. The number of hydrogen-bond donors (Lipinski definition) is 2. The summed E-state index contributed by atoms with van der Waals surface area (Å²) in [5, 5.41) is 3.87. The van der Waals surface area contributed by atoms with Crippen molar-refractivity contribution in [2.75, 3.05) is 0 Å². The summed E-state index contributed by atoms with van der Waals surface area (Å²) < 4.78 is 1.05. The van der Waals surface area contributed by atoms with Crippen LogP contribution in [-0.2, 0) is 11.3 Å². The Bertz CT molecular complexity index is 661. The van der Waals surface area contributed by atoms with Crippen molar-refractivity contribution in [3.05, 3.63) is 33.9 Å². The van der Waals surface area contributed by atoms with Gasteiger partial charge in [-0.3, -0.25) is 4.79 Å². The van der Waals surface area contributed by atoms with Crippen molar-refractivity contribution in [3.8, 4) is 11.8 Å². The zero-order valence-electron chi connectivity index (χ0n) is 10.2. The van der Waals surface area contributed by atoms with Crippen LogP contribution in [0.2, 0.25) is 0 Å². The van der Waals surface area contributed by atoms with Gasteiger partial charge in [0.2, 0.25) is 0 Å². The lowest BCUT2D eigenvalue weighted by Crippen LogP contribution is -2.20. The minimum atomic E-state index is -0.256. The highest BCUT2D eigenvalue weighted by molar-refractivity contribution is 9.10. The van der Waals surface area contributed by atoms with Crippen LogP contribution in [0.5, 0.6) is 0 Å². The lowest BCUT2D eigenvalue weighted by atomic mass is 10.2. The first kappa shape index (κ1) is 12.7. The molecule has 1 heterocycles. The van der Waals surface area contributed by atoms with E-state index in [1.165, 1.54) is 5.56 Å². The molecular weight excluding hydrogens is 292 g/mol. The average Bonchev–Trinajstić information content (AvgIpc) is 2.70. The molecule has 0 saturated heterocycles. The highest BCUT2D eigenvalue weighted by Crippen LogP contribution is 2.24. The number of fused-ring (bicyclic) bond motifs is 1. The predicted molar refractivity (Wildman–Crippen MR) is 76.0 cm³/mol. The van der Waals surface area contributed by atoms with Gasteiger partial charge < -0.3 is 10.3 Å². The largest absolute Gasteiger partial charge is 0.357 e. The standard InChI is InChI=1S/C14H13BrN2O/c1-3-4-13(18)16-8-12-7-10-6-11(15)5-9(2)14(10)17-12/h5-7,17H,8H2,1-2H3,(H,16,18). The van der Waals surface area contributed by atoms with Crippen molar-refractivity contribution in [2.24, 2.45) is 0 Å². The van der Waals surface area contributed by atoms with Crippen molar-refractivity contribution >= 4 is 32.7 Å². The number of halogens is 1. The number of amides is 1. The van der Waals surface area contributed by atoms with Gasteiger partial charge in [-0.05, 0) is 43.5 Å². The smallest absolute Gasteiger partial charge is 0.296 e. The monoisotopic (exact) mass is 304 g/mol. The molecule has 2 N–H and O–H groups in total. The molecule has 0 fully saturated rings. The fraction of sp³-hybridized carbons (Fsp3) is 0.214. The highest BCUT2D eigenvalue weighted by atomic mass is 79.9. The van der Waals surface area contributed by atoms with Gasteiger partial charge in [-0.15, -0.1) is 0 Å². The van der Waals surface area contributed by atoms with Gasteiger partial charge in [0.05, 0.1) is 6.54 Å². The van der Waals surface area contributed by atoms with Crippen molar-refractivity contribution in [3.63, 3.8) is 0 Å². The molecule has 2 aromatic rings. The molecule has 0 radical (unpaired) electrons. The molecule has 92 valence electrons. The third-order valence-corrected chi connectivity index (χ3v) is 3.08. The van der Waals surface area contributed by atoms with Crippen LogP contribution < -0.4 is 5.32 Å². The van der Waals surface area contributed by atoms with Crippen molar-refractivity contribution in [1.82, 2.24) is 10.3 Å². The van der Waals surface area contributed by atoms with Crippen molar-refractivity contribution < 1.29 is 4.79 Å². The molecule has 1 aromatic heterocycles. The normalized spacial score (nSPS) is 9.94. The number of benzene rings is 1. The van der Waals surface area contributed by atoms with Gasteiger partial charge in [0.15, 0.2) is 0 Å². The van der Waals surface area contributed by atoms with E-state index in [0.717, 1.165) is 21.1 Å². The van der Waals surface area contributed by atoms with Gasteiger partial charge in [0.1, 0.15) is 0 Å². The van der Waals surface area contributed by atoms with Gasteiger partial charge in [0.25, 0.3) is 5.91 Å². The summed E-state index contributed by atoms with van der Waals surface area (Å²) >= 11 is 3.47. The van der Waals surface area contributed by atoms with E-state index in [2.05, 4.69) is 57.1 Å². The predicted octanol–water partition coefficient (Wildman–Crippen LogP) is 2.88. The number of aromatic nitrogens is 1. The average molecular weight is 305 g/mol. The minimum absolute atomic E-state index is 0.256. The number of aryl methyl sites for hydroxylation is 1. The number of H-pyrrole nitrogens is 1. The first-order valence-corrected chi connectivity index (χ1v) is 6.38. The van der Waals surface area contributed by atoms with Gasteiger partial charge in [-0.1, -0.05) is 21.9 Å². The number of carbonyl (C=O) groups is 1. The number of aromatic amines is 1. The molecule has 0 atom stereocenters. The Morgan fingerprint density at radius 1 is 1.44 bits per heavy atom. The number of hydrogen-bond acceptors (Lipinski definition) is 1. The lowest BCUT2D eigenvalue weighted by Gasteiger charge is -1.98. The zero-order valence-corrected chi connectivity index (χ0v) is 11.8. The maximum atomic E-state index is 11.2. The van der Waals surface area contributed by atoms with Gasteiger partial charge >= 0.3 is 0 Å². The molecule has 0 aliphatic heterocycles. The van der Waals surface area contributed by atoms with Crippen LogP contribution in [0.1, 0.15) is 18.2 Å². The molecule has 3 nitrogen and oxygen atoms in total. The molecule has 0 bridgehead atoms. The molecule has 4 heteroatoms. The second-order valence-corrected chi connectivity index (χ2v) is 4.95. The quantitative estimate of drug-likeness (QED) is 0.823. The SMILES string of the molecule is CC#CC(=O)NCc1cc2cc(Br)cc(C)c2[nH]1. The van der Waals surface area contributed by atoms with E-state index in [4.69, 9.17) is 0 Å². The second kappa shape index (κ2) is 5.28. The van der Waals surface area contributed by atoms with Crippen LogP contribution in [-0.4, -0.2) is 10.9 Å². The van der Waals surface area contributed by atoms with Crippen LogP contribution >= 0.6 is 15.9 Å². The third-order valence-electron chi connectivity index (χ3n) is 2.62. The Labute approximate surface area is 114 Å². The maximum Gasteiger partial charge on any atom is 0.296 e. The van der Waals surface area contributed by atoms with E-state index >= 15 is 0 Å². The van der Waals surface area contributed by atoms with Gasteiger partial charge in [0, 0.05) is 21.1 Å². The molecule has 0 spiro atoms. The summed E-state index contributed by atoms with van der Waals surface area (Å²) in [7, 11) is 0. The Morgan fingerprint density at radius 2 is 2.22 bits per heavy atom. The summed E-state index contributed by atoms with van der Waals surface area (Å²) in [6, 6.07) is 6.15. The minimum Gasteiger partial charge on any atom is -0.357 e. The van der Waals surface area contributed by atoms with E-state index < -0.39 is 0 Å². The van der Waals surface area contributed by atoms with Crippen LogP contribution in [0.3, 0.4) is 0 Å². The van der Waals surface area contributed by atoms with Gasteiger partial charge in [-0.2, -0.15) is 0 Å². The van der Waals surface area contributed by atoms with Crippen LogP contribution in [0, 0.1) is 18.8 Å². The molecule has 1 aromatic carbocycles. The number of carbonyl (C=O) groups excluding carboxylic acids is 1. The summed E-state index contributed by atoms with van der Waals surface area (Å²) in [5.74, 6) is 4.76. The van der Waals surface area contributed by atoms with E-state index in [1.807, 2.05) is 6.07 Å². The topological polar surface area (TPSA) is 44.9 Å². The summed E-state index contributed by atoms with van der Waals surface area (Å²) in [5.41, 5.74) is 3.24. The molecule has 1 amide bonds. The van der Waals surface area contributed by atoms with E-state index in [1.54, 1.807) is 6.92 Å². The van der Waals surface area contributed by atoms with Crippen LogP contribution in [0.25, 0.3) is 10.9 Å². The first-order chi connectivity index (χ1) is 8.60. The summed E-state index contributed by atoms with van der Waals surface area (Å²) in [4.78, 5) is 14.6. The van der Waals surface area contributed by atoms with Crippen molar-refractivity contribution in [2.45, 2.75) is 20.4 Å². The summed E-state index contributed by atoms with van der Waals surface area (Å²) in [6.45, 7) is 4.15. The Hall–Kier alpha value is -1.73. The zero-order chi connectivity index (χ0) is 13.1. The lowest BCUT2D eigenvalue weighted by molar-refractivity contribution is -0.115. The molecule has 0 aliphatic carbocycles. The molecule has 2 rings (SSSR count). The van der Waals surface area contributed by atoms with Crippen LogP contribution in [0.4, 0.5) is 0 Å². The highest BCUT2D eigenvalue weighted by Gasteiger charge is 2.05. The Morgan fingerprint density at radius 3 is 2.94 bits per heavy atom. The van der Waals surface area contributed by atoms with Gasteiger partial charge in [-0.25, -0.2) is 0 Å². The fourth-order valence-electron chi connectivity index (χ4n) is 1.87. The Kier molecular flexibility index (Phi) is 3.73. The molecule has 0 saturated carbocycles. The number of rotatable bonds is 2. The molecule has 0 unspecified atom stereocenters. The van der Waals surface area contributed by atoms with Crippen molar-refractivity contribution in [1.29, 1.82) is 0 Å².